The van der Waals surface area contributed by atoms with E-state index in [0.29, 0.717) is 0 Å². The van der Waals surface area contributed by atoms with Crippen molar-refractivity contribution in [3.63, 3.8) is 0 Å². The Balaban J connectivity index is 1.27. The minimum absolute atomic E-state index is 0.00239. The van der Waals surface area contributed by atoms with Crippen LogP contribution in [0.2, 0.25) is 0 Å². The highest BCUT2D eigenvalue weighted by Gasteiger charge is 2.31. The first-order valence-corrected chi connectivity index (χ1v) is 18.8. The van der Waals surface area contributed by atoms with E-state index in [4.69, 9.17) is 14.8 Å². The molecule has 0 N–H and O–H groups in total. The van der Waals surface area contributed by atoms with Gasteiger partial charge in [0.1, 0.15) is 23.0 Å². The quantitative estimate of drug-likeness (QED) is 0.173. The van der Waals surface area contributed by atoms with Gasteiger partial charge in [0.05, 0.1) is 22.4 Å². The second-order valence-corrected chi connectivity index (χ2v) is 16.7. The summed E-state index contributed by atoms with van der Waals surface area (Å²) in [7, 11) is 0. The molecule has 0 spiro atoms. The molecule has 270 valence electrons. The van der Waals surface area contributed by atoms with Gasteiger partial charge in [-0.1, -0.05) is 114 Å². The molecule has 0 radical (unpaired) electrons. The fraction of sp³-hybridized carbons (Fsp3) is 0.224. The summed E-state index contributed by atoms with van der Waals surface area (Å²) in [6, 6.07) is 42.6. The number of hydrogen-bond donors (Lipinski definition) is 0. The van der Waals surface area contributed by atoms with Gasteiger partial charge >= 0.3 is 0 Å². The topological polar surface area (TPSA) is 44.9 Å². The molecular weight excluding hydrogens is 661 g/mol. The first-order chi connectivity index (χ1) is 25.8. The average Bonchev–Trinajstić information content (AvgIpc) is 3.68. The third-order valence-electron chi connectivity index (χ3n) is 10.4. The summed E-state index contributed by atoms with van der Waals surface area (Å²) < 4.78 is 11.1. The molecule has 5 nitrogen and oxygen atoms in total. The van der Waals surface area contributed by atoms with Gasteiger partial charge in [-0.3, -0.25) is 4.57 Å². The number of nitrogens with zero attached hydrogens (tertiary/aromatic N) is 4. The standard InChI is InChI=1S/C49H48N4O/c1-31-26-32(2)44(33(3)27-31)45-46(34-16-11-10-12-17-34)51-53(47(45)49(7,8)9)36-18-15-19-37(29-36)54-38-22-23-40-39-20-13-14-21-41(39)52(42(40)30-38)43-28-35(24-25-50-43)48(4,5)6/h10-30H,1-9H3. The van der Waals surface area contributed by atoms with Crippen molar-refractivity contribution in [3.05, 3.63) is 155 Å². The molecule has 0 bridgehead atoms. The molecule has 0 saturated heterocycles. The zero-order valence-corrected chi connectivity index (χ0v) is 32.8. The summed E-state index contributed by atoms with van der Waals surface area (Å²) in [5.41, 5.74) is 13.5. The number of benzene rings is 5. The summed E-state index contributed by atoms with van der Waals surface area (Å²) in [4.78, 5) is 4.86. The van der Waals surface area contributed by atoms with E-state index in [1.807, 2.05) is 12.3 Å². The van der Waals surface area contributed by atoms with Crippen molar-refractivity contribution < 1.29 is 4.74 Å². The smallest absolute Gasteiger partial charge is 0.137 e. The monoisotopic (exact) mass is 708 g/mol. The predicted molar refractivity (Wildman–Crippen MR) is 225 cm³/mol. The van der Waals surface area contributed by atoms with E-state index in [9.17, 15) is 0 Å². The minimum atomic E-state index is -0.229. The average molecular weight is 709 g/mol. The van der Waals surface area contributed by atoms with E-state index in [1.165, 1.54) is 38.8 Å². The van der Waals surface area contributed by atoms with Crippen LogP contribution in [0.25, 0.3) is 55.7 Å². The molecular formula is C49H48N4O. The lowest BCUT2D eigenvalue weighted by Gasteiger charge is -2.24. The van der Waals surface area contributed by atoms with Crippen molar-refractivity contribution in [1.29, 1.82) is 0 Å². The van der Waals surface area contributed by atoms with Crippen molar-refractivity contribution in [2.24, 2.45) is 0 Å². The number of hydrogen-bond acceptors (Lipinski definition) is 3. The number of aryl methyl sites for hydroxylation is 3. The van der Waals surface area contributed by atoms with Crippen LogP contribution < -0.4 is 4.74 Å². The first kappa shape index (κ1) is 35.1. The molecule has 0 aliphatic carbocycles. The van der Waals surface area contributed by atoms with E-state index in [1.54, 1.807) is 0 Å². The normalized spacial score (nSPS) is 12.2. The molecule has 0 aliphatic heterocycles. The lowest BCUT2D eigenvalue weighted by Crippen LogP contribution is -2.19. The van der Waals surface area contributed by atoms with Gasteiger partial charge in [-0.05, 0) is 90.9 Å². The zero-order valence-electron chi connectivity index (χ0n) is 32.8. The highest BCUT2D eigenvalue weighted by molar-refractivity contribution is 6.09. The van der Waals surface area contributed by atoms with Crippen molar-refractivity contribution in [2.45, 2.75) is 73.1 Å². The SMILES string of the molecule is Cc1cc(C)c(-c2c(-c3ccccc3)nn(-c3cccc(Oc4ccc5c6ccccc6n(-c6cc(C(C)(C)C)ccn6)c5c4)c3)c2C(C)(C)C)c(C)c1. The molecule has 3 heterocycles. The maximum atomic E-state index is 6.72. The fourth-order valence-corrected chi connectivity index (χ4v) is 7.99. The third-order valence-corrected chi connectivity index (χ3v) is 10.4. The van der Waals surface area contributed by atoms with Gasteiger partial charge in [-0.2, -0.15) is 5.10 Å². The lowest BCUT2D eigenvalue weighted by molar-refractivity contribution is 0.482. The van der Waals surface area contributed by atoms with Crippen LogP contribution in [-0.2, 0) is 10.8 Å². The van der Waals surface area contributed by atoms with Crippen LogP contribution in [0.1, 0.15) is 69.5 Å². The van der Waals surface area contributed by atoms with E-state index in [-0.39, 0.29) is 10.8 Å². The van der Waals surface area contributed by atoms with Crippen LogP contribution in [0, 0.1) is 20.8 Å². The number of aromatic nitrogens is 4. The van der Waals surface area contributed by atoms with Gasteiger partial charge in [-0.15, -0.1) is 0 Å². The number of rotatable bonds is 6. The van der Waals surface area contributed by atoms with E-state index in [2.05, 4.69) is 187 Å². The Morgan fingerprint density at radius 2 is 1.26 bits per heavy atom. The van der Waals surface area contributed by atoms with Crippen LogP contribution in [-0.4, -0.2) is 19.3 Å². The summed E-state index contributed by atoms with van der Waals surface area (Å²) in [6.45, 7) is 20.1. The second kappa shape index (κ2) is 13.2. The summed E-state index contributed by atoms with van der Waals surface area (Å²) in [5, 5.41) is 7.77. The number of para-hydroxylation sites is 1. The van der Waals surface area contributed by atoms with Gasteiger partial charge in [0.2, 0.25) is 0 Å². The van der Waals surface area contributed by atoms with Crippen molar-refractivity contribution in [3.8, 4) is 45.4 Å². The number of pyridine rings is 1. The van der Waals surface area contributed by atoms with Gasteiger partial charge < -0.3 is 4.74 Å². The van der Waals surface area contributed by atoms with Gasteiger partial charge in [0.25, 0.3) is 0 Å². The van der Waals surface area contributed by atoms with Crippen molar-refractivity contribution in [1.82, 2.24) is 19.3 Å². The Labute approximate surface area is 318 Å². The lowest BCUT2D eigenvalue weighted by atomic mass is 9.82. The van der Waals surface area contributed by atoms with Crippen LogP contribution in [0.3, 0.4) is 0 Å². The van der Waals surface area contributed by atoms with Crippen LogP contribution in [0.4, 0.5) is 0 Å². The minimum Gasteiger partial charge on any atom is -0.457 e. The second-order valence-electron chi connectivity index (χ2n) is 16.7. The maximum Gasteiger partial charge on any atom is 0.137 e. The maximum absolute atomic E-state index is 6.72. The molecule has 8 rings (SSSR count). The predicted octanol–water partition coefficient (Wildman–Crippen LogP) is 13.0. The Morgan fingerprint density at radius 3 is 1.98 bits per heavy atom. The molecule has 0 unspecified atom stereocenters. The Bertz CT molecular complexity index is 2660. The molecule has 5 heteroatoms. The van der Waals surface area contributed by atoms with Gasteiger partial charge in [0, 0.05) is 45.6 Å². The van der Waals surface area contributed by atoms with E-state index < -0.39 is 0 Å². The molecule has 54 heavy (non-hydrogen) atoms. The highest BCUT2D eigenvalue weighted by Crippen LogP contribution is 2.44. The Hall–Kier alpha value is -5.94. The first-order valence-electron chi connectivity index (χ1n) is 18.8. The van der Waals surface area contributed by atoms with Gasteiger partial charge in [-0.25, -0.2) is 9.67 Å². The van der Waals surface area contributed by atoms with Crippen LogP contribution in [0.5, 0.6) is 11.5 Å². The molecule has 3 aromatic heterocycles. The van der Waals surface area contributed by atoms with E-state index in [0.717, 1.165) is 56.4 Å². The molecule has 0 amide bonds. The molecule has 5 aromatic carbocycles. The fourth-order valence-electron chi connectivity index (χ4n) is 7.99. The Kier molecular flexibility index (Phi) is 8.56. The molecule has 8 aromatic rings. The Morgan fingerprint density at radius 1 is 0.574 bits per heavy atom. The van der Waals surface area contributed by atoms with Crippen LogP contribution >= 0.6 is 0 Å². The van der Waals surface area contributed by atoms with Crippen molar-refractivity contribution in [2.75, 3.05) is 0 Å². The third kappa shape index (κ3) is 6.28. The number of ether oxygens (including phenoxy) is 1. The molecule has 0 aliphatic rings. The summed E-state index contributed by atoms with van der Waals surface area (Å²) in [5.74, 6) is 2.39. The molecule has 0 atom stereocenters. The van der Waals surface area contributed by atoms with E-state index >= 15 is 0 Å². The number of fused-ring (bicyclic) bond motifs is 3. The molecule has 0 fully saturated rings. The zero-order chi connectivity index (χ0) is 37.9. The largest absolute Gasteiger partial charge is 0.457 e. The van der Waals surface area contributed by atoms with Crippen molar-refractivity contribution >= 4 is 21.8 Å². The summed E-state index contributed by atoms with van der Waals surface area (Å²) >= 11 is 0. The van der Waals surface area contributed by atoms with Gasteiger partial charge in [0.15, 0.2) is 0 Å². The van der Waals surface area contributed by atoms with Crippen LogP contribution in [0.15, 0.2) is 128 Å². The highest BCUT2D eigenvalue weighted by atomic mass is 16.5. The molecule has 0 saturated carbocycles. The summed E-state index contributed by atoms with van der Waals surface area (Å²) in [6.07, 6.45) is 1.92.